The minimum Gasteiger partial charge on any atom is -0.491 e. The first-order chi connectivity index (χ1) is 17.8. The summed E-state index contributed by atoms with van der Waals surface area (Å²) < 4.78 is 17.2. The van der Waals surface area contributed by atoms with Gasteiger partial charge in [-0.15, -0.1) is 0 Å². The number of rotatable bonds is 7. The number of aromatic nitrogens is 2. The monoisotopic (exact) mass is 508 g/mol. The van der Waals surface area contributed by atoms with E-state index in [1.165, 1.54) is 0 Å². The van der Waals surface area contributed by atoms with Crippen molar-refractivity contribution < 1.29 is 23.8 Å². The summed E-state index contributed by atoms with van der Waals surface area (Å²) in [5, 5.41) is 5.85. The van der Waals surface area contributed by atoms with E-state index in [4.69, 9.17) is 14.2 Å². The fourth-order valence-electron chi connectivity index (χ4n) is 5.02. The molecule has 2 saturated heterocycles. The average Bonchev–Trinajstić information content (AvgIpc) is 3.52. The maximum atomic E-state index is 13.5. The largest absolute Gasteiger partial charge is 0.491 e. The Hall–Kier alpha value is -3.44. The molecule has 2 aromatic rings. The molecule has 3 amide bonds. The second-order valence-corrected chi connectivity index (χ2v) is 10.5. The van der Waals surface area contributed by atoms with Gasteiger partial charge in [0.1, 0.15) is 30.0 Å². The Labute approximate surface area is 215 Å². The van der Waals surface area contributed by atoms with Crippen molar-refractivity contribution in [3.8, 4) is 5.75 Å². The van der Waals surface area contributed by atoms with Gasteiger partial charge in [0, 0.05) is 31.9 Å². The van der Waals surface area contributed by atoms with Gasteiger partial charge in [-0.2, -0.15) is 0 Å². The lowest BCUT2D eigenvalue weighted by molar-refractivity contribution is -0.141. The predicted molar refractivity (Wildman–Crippen MR) is 136 cm³/mol. The molecule has 5 heterocycles. The molecule has 0 radical (unpaired) electrons. The van der Waals surface area contributed by atoms with Crippen LogP contribution < -0.4 is 25.2 Å². The zero-order chi connectivity index (χ0) is 25.6. The van der Waals surface area contributed by atoms with Crippen LogP contribution in [0.5, 0.6) is 5.75 Å². The van der Waals surface area contributed by atoms with Crippen molar-refractivity contribution in [2.24, 2.45) is 5.92 Å². The molecule has 3 aliphatic heterocycles. The molecular formula is C26H32N6O5. The molecule has 3 fully saturated rings. The van der Waals surface area contributed by atoms with Gasteiger partial charge in [0.2, 0.25) is 0 Å². The summed E-state index contributed by atoms with van der Waals surface area (Å²) in [5.74, 6) is 1.18. The van der Waals surface area contributed by atoms with Crippen molar-refractivity contribution in [2.45, 2.75) is 51.0 Å². The molecule has 196 valence electrons. The molecular weight excluding hydrogens is 476 g/mol. The van der Waals surface area contributed by atoms with Gasteiger partial charge >= 0.3 is 6.03 Å². The third kappa shape index (κ3) is 5.19. The highest BCUT2D eigenvalue weighted by atomic mass is 16.7. The predicted octanol–water partition coefficient (Wildman–Crippen LogP) is 2.78. The number of carbonyl (C=O) groups is 2. The normalized spacial score (nSPS) is 23.5. The topological polar surface area (TPSA) is 118 Å². The number of hydrogen-bond donors (Lipinski definition) is 2. The first-order valence-electron chi connectivity index (χ1n) is 12.9. The van der Waals surface area contributed by atoms with Crippen LogP contribution in [0.25, 0.3) is 0 Å². The molecule has 11 nitrogen and oxygen atoms in total. The van der Waals surface area contributed by atoms with E-state index in [2.05, 4.69) is 25.5 Å². The molecule has 4 aliphatic rings. The lowest BCUT2D eigenvalue weighted by atomic mass is 10.1. The quantitative estimate of drug-likeness (QED) is 0.586. The number of carbonyl (C=O) groups excluding carboxylic acids is 2. The van der Waals surface area contributed by atoms with Gasteiger partial charge in [0.25, 0.3) is 5.91 Å². The van der Waals surface area contributed by atoms with E-state index in [0.29, 0.717) is 48.8 Å². The Morgan fingerprint density at radius 1 is 1.22 bits per heavy atom. The number of anilines is 3. The van der Waals surface area contributed by atoms with E-state index < -0.39 is 5.79 Å². The highest BCUT2D eigenvalue weighted by Gasteiger charge is 2.41. The first-order valence-corrected chi connectivity index (χ1v) is 12.9. The van der Waals surface area contributed by atoms with Crippen LogP contribution in [0.15, 0.2) is 30.5 Å². The van der Waals surface area contributed by atoms with Crippen LogP contribution in [-0.2, 0) is 9.47 Å². The Morgan fingerprint density at radius 3 is 2.86 bits per heavy atom. The van der Waals surface area contributed by atoms with Gasteiger partial charge in [-0.05, 0) is 57.2 Å². The van der Waals surface area contributed by atoms with Crippen LogP contribution in [0.1, 0.15) is 43.6 Å². The lowest BCUT2D eigenvalue weighted by Crippen LogP contribution is -2.48. The number of pyridine rings is 2. The van der Waals surface area contributed by atoms with E-state index in [1.54, 1.807) is 29.3 Å². The van der Waals surface area contributed by atoms with Crippen LogP contribution in [-0.4, -0.2) is 72.7 Å². The molecule has 1 saturated carbocycles. The number of fused-ring (bicyclic) bond motifs is 4. The number of hydrogen-bond acceptors (Lipinski definition) is 8. The van der Waals surface area contributed by atoms with Crippen molar-refractivity contribution >= 4 is 29.3 Å². The Morgan fingerprint density at radius 2 is 2.08 bits per heavy atom. The molecule has 1 aliphatic carbocycles. The Bertz CT molecular complexity index is 1200. The van der Waals surface area contributed by atoms with Crippen LogP contribution in [0.4, 0.5) is 22.1 Å². The van der Waals surface area contributed by atoms with Crippen molar-refractivity contribution in [3.63, 3.8) is 0 Å². The average molecular weight is 509 g/mol. The van der Waals surface area contributed by atoms with Crippen LogP contribution in [0, 0.1) is 5.92 Å². The van der Waals surface area contributed by atoms with Crippen LogP contribution in [0.2, 0.25) is 0 Å². The molecule has 2 bridgehead atoms. The molecule has 2 atom stereocenters. The van der Waals surface area contributed by atoms with E-state index >= 15 is 0 Å². The molecule has 1 unspecified atom stereocenters. The summed E-state index contributed by atoms with van der Waals surface area (Å²) >= 11 is 0. The van der Waals surface area contributed by atoms with Crippen molar-refractivity contribution in [1.29, 1.82) is 0 Å². The van der Waals surface area contributed by atoms with E-state index in [9.17, 15) is 9.59 Å². The third-order valence-corrected chi connectivity index (χ3v) is 7.12. The van der Waals surface area contributed by atoms with Crippen molar-refractivity contribution in [1.82, 2.24) is 15.3 Å². The van der Waals surface area contributed by atoms with Gasteiger partial charge in [0.05, 0.1) is 18.3 Å². The van der Waals surface area contributed by atoms with Crippen LogP contribution in [0.3, 0.4) is 0 Å². The second-order valence-electron chi connectivity index (χ2n) is 10.5. The Kier molecular flexibility index (Phi) is 6.12. The fraction of sp³-hybridized carbons (Fsp3) is 0.538. The van der Waals surface area contributed by atoms with Gasteiger partial charge in [-0.3, -0.25) is 15.0 Å². The number of nitrogens with one attached hydrogen (secondary N) is 2. The van der Waals surface area contributed by atoms with Crippen molar-refractivity contribution in [3.05, 3.63) is 36.2 Å². The minimum atomic E-state index is -0.613. The summed E-state index contributed by atoms with van der Waals surface area (Å²) in [6.45, 7) is 6.75. The first kappa shape index (κ1) is 23.9. The smallest absolute Gasteiger partial charge is 0.329 e. The van der Waals surface area contributed by atoms with Gasteiger partial charge in [-0.25, -0.2) is 14.8 Å². The van der Waals surface area contributed by atoms with E-state index in [-0.39, 0.29) is 24.1 Å². The number of ether oxygens (including phenoxy) is 3. The third-order valence-electron chi connectivity index (χ3n) is 7.12. The zero-order valence-electron chi connectivity index (χ0n) is 21.1. The summed E-state index contributed by atoms with van der Waals surface area (Å²) in [7, 11) is 0. The minimum absolute atomic E-state index is 0.0351. The Balaban J connectivity index is 1.16. The molecule has 0 spiro atoms. The summed E-state index contributed by atoms with van der Waals surface area (Å²) in [6, 6.07) is 6.66. The molecule has 0 aromatic carbocycles. The van der Waals surface area contributed by atoms with Crippen LogP contribution >= 0.6 is 0 Å². The molecule has 6 rings (SSSR count). The summed E-state index contributed by atoms with van der Waals surface area (Å²) in [6.07, 6.45) is 4.55. The molecule has 2 aromatic heterocycles. The zero-order valence-corrected chi connectivity index (χ0v) is 21.1. The number of urea groups is 1. The lowest BCUT2D eigenvalue weighted by Gasteiger charge is -2.35. The van der Waals surface area contributed by atoms with Gasteiger partial charge < -0.3 is 24.4 Å². The van der Waals surface area contributed by atoms with Gasteiger partial charge in [-0.1, -0.05) is 0 Å². The molecule has 11 heteroatoms. The van der Waals surface area contributed by atoms with Gasteiger partial charge in [0.15, 0.2) is 11.6 Å². The summed E-state index contributed by atoms with van der Waals surface area (Å²) in [5.41, 5.74) is 1.17. The molecule has 2 N–H and O–H groups in total. The highest BCUT2D eigenvalue weighted by Crippen LogP contribution is 2.39. The highest BCUT2D eigenvalue weighted by molar-refractivity contribution is 6.05. The second kappa shape index (κ2) is 9.46. The maximum absolute atomic E-state index is 13.5. The van der Waals surface area contributed by atoms with E-state index in [0.717, 1.165) is 38.0 Å². The SMILES string of the molecule is CC1(C)OCC(COc2ccnc(NC(=O)N3c4nc(C(=O)NCC5CC5)ccc4N4CC[C@H]3C4)c2)O1. The maximum Gasteiger partial charge on any atom is 0.329 e. The van der Waals surface area contributed by atoms with E-state index in [1.807, 2.05) is 19.9 Å². The molecule has 37 heavy (non-hydrogen) atoms. The number of amides is 3. The summed E-state index contributed by atoms with van der Waals surface area (Å²) in [4.78, 5) is 39.0. The standard InChI is InChI=1S/C26H32N6O5/c1-26(2)36-15-19(37-26)14-35-18-7-9-27-22(11-18)30-25(34)32-17-8-10-31(13-17)21-6-5-20(29-23(21)32)24(33)28-12-16-3-4-16/h5-7,9,11,16-17,19H,3-4,8,10,12-15H2,1-2H3,(H,28,33)(H,27,30,34)/t17-,19?/m0/s1. The van der Waals surface area contributed by atoms with Crippen molar-refractivity contribution in [2.75, 3.05) is 48.0 Å². The number of nitrogens with zero attached hydrogens (tertiary/aromatic N) is 4. The fourth-order valence-corrected chi connectivity index (χ4v) is 5.02.